The lowest BCUT2D eigenvalue weighted by Crippen LogP contribution is -2.08. The first-order valence-electron chi connectivity index (χ1n) is 5.65. The summed E-state index contributed by atoms with van der Waals surface area (Å²) in [4.78, 5) is 15.1. The molecule has 19 heavy (non-hydrogen) atoms. The van der Waals surface area contributed by atoms with Gasteiger partial charge in [0.05, 0.1) is 5.56 Å². The van der Waals surface area contributed by atoms with Crippen LogP contribution in [0.3, 0.4) is 0 Å². The van der Waals surface area contributed by atoms with Crippen molar-refractivity contribution in [3.8, 4) is 5.88 Å². The van der Waals surface area contributed by atoms with Gasteiger partial charge in [0.1, 0.15) is 12.4 Å². The SMILES string of the molecule is Cc1cccc(OCc2c(F)cccc2C(=O)O)n1. The highest BCUT2D eigenvalue weighted by Crippen LogP contribution is 2.17. The maximum absolute atomic E-state index is 13.6. The van der Waals surface area contributed by atoms with Crippen molar-refractivity contribution >= 4 is 5.97 Å². The molecule has 2 rings (SSSR count). The molecule has 0 atom stereocenters. The molecule has 1 N–H and O–H groups in total. The molecule has 98 valence electrons. The number of aryl methyl sites for hydroxylation is 1. The molecule has 0 saturated carbocycles. The van der Waals surface area contributed by atoms with Crippen molar-refractivity contribution in [2.75, 3.05) is 0 Å². The average molecular weight is 261 g/mol. The minimum Gasteiger partial charge on any atom is -0.478 e. The number of rotatable bonds is 4. The monoisotopic (exact) mass is 261 g/mol. The first-order chi connectivity index (χ1) is 9.08. The van der Waals surface area contributed by atoms with Crippen LogP contribution in [0.15, 0.2) is 36.4 Å². The third-order valence-corrected chi connectivity index (χ3v) is 2.58. The van der Waals surface area contributed by atoms with Gasteiger partial charge in [0.2, 0.25) is 5.88 Å². The summed E-state index contributed by atoms with van der Waals surface area (Å²) in [7, 11) is 0. The Hall–Kier alpha value is -2.43. The standard InChI is InChI=1S/C14H12FNO3/c1-9-4-2-7-13(16-9)19-8-11-10(14(17)18)5-3-6-12(11)15/h2-7H,8H2,1H3,(H,17,18). The molecule has 1 heterocycles. The smallest absolute Gasteiger partial charge is 0.336 e. The number of nitrogens with zero attached hydrogens (tertiary/aromatic N) is 1. The van der Waals surface area contributed by atoms with Crippen molar-refractivity contribution in [3.63, 3.8) is 0 Å². The number of carboxylic acids is 1. The summed E-state index contributed by atoms with van der Waals surface area (Å²) in [5.74, 6) is -1.46. The molecule has 0 aliphatic heterocycles. The van der Waals surface area contributed by atoms with Crippen molar-refractivity contribution < 1.29 is 19.0 Å². The molecule has 0 radical (unpaired) electrons. The van der Waals surface area contributed by atoms with Crippen LogP contribution in [0.5, 0.6) is 5.88 Å². The van der Waals surface area contributed by atoms with Crippen molar-refractivity contribution in [1.82, 2.24) is 4.98 Å². The summed E-state index contributed by atoms with van der Waals surface area (Å²) in [6.45, 7) is 1.63. The van der Waals surface area contributed by atoms with E-state index in [4.69, 9.17) is 9.84 Å². The summed E-state index contributed by atoms with van der Waals surface area (Å²) in [5, 5.41) is 8.99. The van der Waals surface area contributed by atoms with Crippen LogP contribution in [0, 0.1) is 12.7 Å². The summed E-state index contributed by atoms with van der Waals surface area (Å²) < 4.78 is 19.0. The quantitative estimate of drug-likeness (QED) is 0.919. The van der Waals surface area contributed by atoms with Crippen LogP contribution >= 0.6 is 0 Å². The van der Waals surface area contributed by atoms with Gasteiger partial charge in [-0.1, -0.05) is 12.1 Å². The zero-order chi connectivity index (χ0) is 13.8. The lowest BCUT2D eigenvalue weighted by Gasteiger charge is -2.09. The molecule has 1 aromatic carbocycles. The van der Waals surface area contributed by atoms with Crippen LogP contribution in [0.25, 0.3) is 0 Å². The Balaban J connectivity index is 2.22. The van der Waals surface area contributed by atoms with Crippen molar-refractivity contribution in [2.24, 2.45) is 0 Å². The fourth-order valence-corrected chi connectivity index (χ4v) is 1.65. The molecule has 0 amide bonds. The molecule has 0 saturated heterocycles. The van der Waals surface area contributed by atoms with Crippen molar-refractivity contribution in [3.05, 3.63) is 59.0 Å². The average Bonchev–Trinajstić information content (AvgIpc) is 2.37. The van der Waals surface area contributed by atoms with E-state index in [1.54, 1.807) is 25.1 Å². The van der Waals surface area contributed by atoms with E-state index in [1.165, 1.54) is 18.2 Å². The van der Waals surface area contributed by atoms with E-state index in [2.05, 4.69) is 4.98 Å². The van der Waals surface area contributed by atoms with Gasteiger partial charge in [0, 0.05) is 17.3 Å². The minimum atomic E-state index is -1.18. The molecule has 4 nitrogen and oxygen atoms in total. The number of carboxylic acid groups (broad SMARTS) is 1. The number of carbonyl (C=O) groups is 1. The molecule has 0 fully saturated rings. The molecule has 0 aliphatic rings. The number of hydrogen-bond donors (Lipinski definition) is 1. The van der Waals surface area contributed by atoms with Gasteiger partial charge in [-0.3, -0.25) is 0 Å². The van der Waals surface area contributed by atoms with Gasteiger partial charge in [0.15, 0.2) is 0 Å². The van der Waals surface area contributed by atoms with Gasteiger partial charge in [-0.15, -0.1) is 0 Å². The summed E-state index contributed by atoms with van der Waals surface area (Å²) >= 11 is 0. The predicted octanol–water partition coefficient (Wildman–Crippen LogP) is 2.81. The molecule has 0 bridgehead atoms. The normalized spacial score (nSPS) is 10.2. The molecule has 1 aromatic heterocycles. The van der Waals surface area contributed by atoms with E-state index in [0.29, 0.717) is 5.88 Å². The lowest BCUT2D eigenvalue weighted by atomic mass is 10.1. The van der Waals surface area contributed by atoms with Gasteiger partial charge in [-0.25, -0.2) is 14.2 Å². The highest BCUT2D eigenvalue weighted by Gasteiger charge is 2.14. The van der Waals surface area contributed by atoms with E-state index in [-0.39, 0.29) is 17.7 Å². The number of aromatic carboxylic acids is 1. The zero-order valence-electron chi connectivity index (χ0n) is 10.3. The van der Waals surface area contributed by atoms with Crippen LogP contribution in [0.2, 0.25) is 0 Å². The van der Waals surface area contributed by atoms with Gasteiger partial charge >= 0.3 is 5.97 Å². The van der Waals surface area contributed by atoms with E-state index in [9.17, 15) is 9.18 Å². The number of hydrogen-bond acceptors (Lipinski definition) is 3. The highest BCUT2D eigenvalue weighted by molar-refractivity contribution is 5.89. The lowest BCUT2D eigenvalue weighted by molar-refractivity contribution is 0.0693. The number of halogens is 1. The molecule has 0 aliphatic carbocycles. The first-order valence-corrected chi connectivity index (χ1v) is 5.65. The summed E-state index contributed by atoms with van der Waals surface area (Å²) in [5.41, 5.74) is 0.676. The van der Waals surface area contributed by atoms with Crippen LogP contribution in [0.4, 0.5) is 4.39 Å². The number of benzene rings is 1. The van der Waals surface area contributed by atoms with E-state index in [0.717, 1.165) is 5.69 Å². The number of pyridine rings is 1. The minimum absolute atomic E-state index is 0.0123. The van der Waals surface area contributed by atoms with Gasteiger partial charge < -0.3 is 9.84 Å². The van der Waals surface area contributed by atoms with Crippen molar-refractivity contribution in [2.45, 2.75) is 13.5 Å². The van der Waals surface area contributed by atoms with Crippen LogP contribution in [-0.2, 0) is 6.61 Å². The Morgan fingerprint density at radius 2 is 2.05 bits per heavy atom. The van der Waals surface area contributed by atoms with Crippen LogP contribution < -0.4 is 4.74 Å². The number of ether oxygens (including phenoxy) is 1. The van der Waals surface area contributed by atoms with Crippen LogP contribution in [-0.4, -0.2) is 16.1 Å². The first kappa shape index (κ1) is 13.0. The van der Waals surface area contributed by atoms with Crippen LogP contribution in [0.1, 0.15) is 21.6 Å². The topological polar surface area (TPSA) is 59.4 Å². The number of aromatic nitrogens is 1. The summed E-state index contributed by atoms with van der Waals surface area (Å²) in [6.07, 6.45) is 0. The Morgan fingerprint density at radius 1 is 1.32 bits per heavy atom. The predicted molar refractivity (Wildman–Crippen MR) is 66.7 cm³/mol. The molecular weight excluding hydrogens is 249 g/mol. The fourth-order valence-electron chi connectivity index (χ4n) is 1.65. The van der Waals surface area contributed by atoms with E-state index < -0.39 is 11.8 Å². The largest absolute Gasteiger partial charge is 0.478 e. The Bertz CT molecular complexity index is 613. The van der Waals surface area contributed by atoms with E-state index >= 15 is 0 Å². The Labute approximate surface area is 109 Å². The summed E-state index contributed by atoms with van der Waals surface area (Å²) in [6, 6.07) is 9.10. The third kappa shape index (κ3) is 3.07. The van der Waals surface area contributed by atoms with Gasteiger partial charge in [-0.2, -0.15) is 0 Å². The Morgan fingerprint density at radius 3 is 2.74 bits per heavy atom. The second-order valence-electron chi connectivity index (χ2n) is 3.98. The zero-order valence-corrected chi connectivity index (χ0v) is 10.3. The third-order valence-electron chi connectivity index (χ3n) is 2.58. The van der Waals surface area contributed by atoms with Gasteiger partial charge in [0.25, 0.3) is 0 Å². The fraction of sp³-hybridized carbons (Fsp3) is 0.143. The maximum atomic E-state index is 13.6. The molecule has 0 spiro atoms. The van der Waals surface area contributed by atoms with Gasteiger partial charge in [-0.05, 0) is 25.1 Å². The molecule has 5 heteroatoms. The molecule has 2 aromatic rings. The van der Waals surface area contributed by atoms with E-state index in [1.807, 2.05) is 0 Å². The maximum Gasteiger partial charge on any atom is 0.336 e. The molecule has 0 unspecified atom stereocenters. The second kappa shape index (κ2) is 5.48. The van der Waals surface area contributed by atoms with Crippen molar-refractivity contribution in [1.29, 1.82) is 0 Å². The highest BCUT2D eigenvalue weighted by atomic mass is 19.1. The second-order valence-corrected chi connectivity index (χ2v) is 3.98. The Kier molecular flexibility index (Phi) is 3.75. The molecular formula is C14H12FNO3.